The summed E-state index contributed by atoms with van der Waals surface area (Å²) in [5, 5.41) is 9.53. The quantitative estimate of drug-likeness (QED) is 0.735. The molecule has 6 rings (SSSR count). The number of para-hydroxylation sites is 2. The number of carboxylic acids is 1. The van der Waals surface area contributed by atoms with Gasteiger partial charge in [0.15, 0.2) is 5.82 Å². The third-order valence-electron chi connectivity index (χ3n) is 9.09. The standard InChI is InChI=1S/C27H36N4O3/c32-26-25(30-14-11-24(30)27(33)34)28-22-7-3-4-8-23(22)31(26)20-9-12-29(13-10-20)21-16-18-5-1-2-6-19(15-18)17-21/h3-4,7-8,18-21,24H,1-2,5-6,9-17H2,(H,33,34)/t18-,19+,21?,24-/m1/s1. The Hall–Kier alpha value is -2.41. The van der Waals surface area contributed by atoms with Crippen molar-refractivity contribution in [2.24, 2.45) is 11.8 Å². The van der Waals surface area contributed by atoms with Gasteiger partial charge in [-0.25, -0.2) is 9.78 Å². The zero-order chi connectivity index (χ0) is 23.2. The summed E-state index contributed by atoms with van der Waals surface area (Å²) in [5.74, 6) is 1.25. The Morgan fingerprint density at radius 1 is 0.882 bits per heavy atom. The number of aromatic nitrogens is 2. The van der Waals surface area contributed by atoms with Crippen LogP contribution in [-0.4, -0.2) is 57.2 Å². The van der Waals surface area contributed by atoms with Gasteiger partial charge in [-0.2, -0.15) is 0 Å². The fourth-order valence-corrected chi connectivity index (χ4v) is 7.26. The number of aliphatic carboxylic acids is 1. The Morgan fingerprint density at radius 3 is 2.24 bits per heavy atom. The number of nitrogens with zero attached hydrogens (tertiary/aromatic N) is 4. The molecule has 0 amide bonds. The van der Waals surface area contributed by atoms with E-state index in [9.17, 15) is 14.7 Å². The highest BCUT2D eigenvalue weighted by Crippen LogP contribution is 2.41. The molecule has 4 aliphatic rings. The maximum absolute atomic E-state index is 13.7. The van der Waals surface area contributed by atoms with E-state index in [2.05, 4.69) is 9.88 Å². The van der Waals surface area contributed by atoms with E-state index < -0.39 is 12.0 Å². The van der Waals surface area contributed by atoms with Gasteiger partial charge < -0.3 is 19.5 Å². The van der Waals surface area contributed by atoms with E-state index in [0.717, 1.165) is 48.8 Å². The van der Waals surface area contributed by atoms with Crippen molar-refractivity contribution in [3.05, 3.63) is 34.6 Å². The second-order valence-corrected chi connectivity index (χ2v) is 11.1. The molecule has 2 saturated carbocycles. The van der Waals surface area contributed by atoms with Gasteiger partial charge in [-0.3, -0.25) is 4.79 Å². The first-order valence-electron chi connectivity index (χ1n) is 13.3. The maximum Gasteiger partial charge on any atom is 0.326 e. The third kappa shape index (κ3) is 3.92. The lowest BCUT2D eigenvalue weighted by Crippen LogP contribution is -2.55. The molecule has 4 atom stereocenters. The van der Waals surface area contributed by atoms with E-state index in [1.165, 1.54) is 44.9 Å². The van der Waals surface area contributed by atoms with Crippen LogP contribution in [0.15, 0.2) is 29.1 Å². The van der Waals surface area contributed by atoms with Gasteiger partial charge in [-0.05, 0) is 62.5 Å². The van der Waals surface area contributed by atoms with Crippen LogP contribution in [0, 0.1) is 11.8 Å². The summed E-state index contributed by atoms with van der Waals surface area (Å²) in [7, 11) is 0. The molecule has 2 aromatic rings. The van der Waals surface area contributed by atoms with Crippen molar-refractivity contribution < 1.29 is 9.90 Å². The highest BCUT2D eigenvalue weighted by molar-refractivity contribution is 5.81. The molecular formula is C27H36N4O3. The molecule has 0 spiro atoms. The van der Waals surface area contributed by atoms with Gasteiger partial charge in [-0.1, -0.05) is 37.8 Å². The fourth-order valence-electron chi connectivity index (χ4n) is 7.26. The van der Waals surface area contributed by atoms with Gasteiger partial charge >= 0.3 is 5.97 Å². The Morgan fingerprint density at radius 2 is 1.59 bits per heavy atom. The minimum absolute atomic E-state index is 0.130. The lowest BCUT2D eigenvalue weighted by molar-refractivity contribution is -0.140. The number of benzene rings is 1. The topological polar surface area (TPSA) is 78.7 Å². The molecule has 7 heteroatoms. The summed E-state index contributed by atoms with van der Waals surface area (Å²) >= 11 is 0. The minimum atomic E-state index is -0.881. The first-order chi connectivity index (χ1) is 16.6. The first kappa shape index (κ1) is 22.1. The van der Waals surface area contributed by atoms with Crippen molar-refractivity contribution >= 4 is 22.8 Å². The Bertz CT molecular complexity index is 1110. The Labute approximate surface area is 200 Å². The van der Waals surface area contributed by atoms with Gasteiger partial charge in [0, 0.05) is 31.7 Å². The lowest BCUT2D eigenvalue weighted by atomic mass is 9.77. The highest BCUT2D eigenvalue weighted by Gasteiger charge is 2.39. The number of hydrogen-bond donors (Lipinski definition) is 1. The van der Waals surface area contributed by atoms with Crippen LogP contribution >= 0.6 is 0 Å². The van der Waals surface area contributed by atoms with Crippen molar-refractivity contribution in [3.8, 4) is 0 Å². The molecular weight excluding hydrogens is 428 g/mol. The van der Waals surface area contributed by atoms with Gasteiger partial charge in [0.1, 0.15) is 6.04 Å². The van der Waals surface area contributed by atoms with E-state index >= 15 is 0 Å². The largest absolute Gasteiger partial charge is 0.480 e. The molecule has 2 bridgehead atoms. The summed E-state index contributed by atoms with van der Waals surface area (Å²) in [5.41, 5.74) is 1.50. The molecule has 2 aliphatic carbocycles. The second-order valence-electron chi connectivity index (χ2n) is 11.1. The van der Waals surface area contributed by atoms with Crippen LogP contribution in [0.2, 0.25) is 0 Å². The summed E-state index contributed by atoms with van der Waals surface area (Å²) in [4.78, 5) is 34.3. The molecule has 1 aromatic carbocycles. The highest BCUT2D eigenvalue weighted by atomic mass is 16.4. The van der Waals surface area contributed by atoms with Gasteiger partial charge in [-0.15, -0.1) is 0 Å². The number of anilines is 1. The van der Waals surface area contributed by atoms with Crippen molar-refractivity contribution in [3.63, 3.8) is 0 Å². The number of carbonyl (C=O) groups is 1. The summed E-state index contributed by atoms with van der Waals surface area (Å²) in [6.07, 6.45) is 12.3. The summed E-state index contributed by atoms with van der Waals surface area (Å²) < 4.78 is 1.94. The zero-order valence-electron chi connectivity index (χ0n) is 19.9. The molecule has 7 nitrogen and oxygen atoms in total. The molecule has 4 fully saturated rings. The van der Waals surface area contributed by atoms with Crippen LogP contribution in [0.4, 0.5) is 5.82 Å². The van der Waals surface area contributed by atoms with Crippen molar-refractivity contribution in [1.29, 1.82) is 0 Å². The van der Waals surface area contributed by atoms with Crippen LogP contribution < -0.4 is 10.5 Å². The summed E-state index contributed by atoms with van der Waals surface area (Å²) in [6, 6.07) is 8.00. The van der Waals surface area contributed by atoms with Gasteiger partial charge in [0.25, 0.3) is 5.56 Å². The number of fused-ring (bicyclic) bond motifs is 3. The third-order valence-corrected chi connectivity index (χ3v) is 9.09. The zero-order valence-corrected chi connectivity index (χ0v) is 19.9. The smallest absolute Gasteiger partial charge is 0.326 e. The van der Waals surface area contributed by atoms with Crippen molar-refractivity contribution in [1.82, 2.24) is 14.5 Å². The molecule has 34 heavy (non-hydrogen) atoms. The molecule has 1 aromatic heterocycles. The number of likely N-dealkylation sites (tertiary alicyclic amines) is 1. The molecule has 1 N–H and O–H groups in total. The lowest BCUT2D eigenvalue weighted by Gasteiger charge is -2.43. The SMILES string of the molecule is O=C(O)[C@H]1CCN1c1nc2ccccc2n(C2CCN(C3C[C@H]4CCCC[C@@H](C3)C4)CC2)c1=O. The van der Waals surface area contributed by atoms with Crippen molar-refractivity contribution in [2.45, 2.75) is 82.3 Å². The number of piperidine rings is 1. The average molecular weight is 465 g/mol. The first-order valence-corrected chi connectivity index (χ1v) is 13.3. The maximum atomic E-state index is 13.7. The van der Waals surface area contributed by atoms with Crippen LogP contribution in [0.3, 0.4) is 0 Å². The molecule has 2 aliphatic heterocycles. The predicted octanol–water partition coefficient (Wildman–Crippen LogP) is 4.06. The van der Waals surface area contributed by atoms with E-state index in [1.54, 1.807) is 4.90 Å². The molecule has 1 unspecified atom stereocenters. The second kappa shape index (κ2) is 8.99. The molecule has 0 radical (unpaired) electrons. The average Bonchev–Trinajstić information content (AvgIpc) is 2.98. The van der Waals surface area contributed by atoms with E-state index in [-0.39, 0.29) is 11.6 Å². The predicted molar refractivity (Wildman–Crippen MR) is 132 cm³/mol. The number of carboxylic acid groups (broad SMARTS) is 1. The van der Waals surface area contributed by atoms with Gasteiger partial charge in [0.2, 0.25) is 0 Å². The number of rotatable bonds is 4. The Balaban J connectivity index is 1.25. The monoisotopic (exact) mass is 464 g/mol. The summed E-state index contributed by atoms with van der Waals surface area (Å²) in [6.45, 7) is 2.64. The molecule has 3 heterocycles. The van der Waals surface area contributed by atoms with Crippen LogP contribution in [0.25, 0.3) is 11.0 Å². The Kier molecular flexibility index (Phi) is 5.84. The van der Waals surface area contributed by atoms with Crippen LogP contribution in [0.1, 0.15) is 70.3 Å². The van der Waals surface area contributed by atoms with Crippen LogP contribution in [0.5, 0.6) is 0 Å². The number of hydrogen-bond acceptors (Lipinski definition) is 5. The van der Waals surface area contributed by atoms with Gasteiger partial charge in [0.05, 0.1) is 11.0 Å². The van der Waals surface area contributed by atoms with E-state index in [4.69, 9.17) is 0 Å². The normalized spacial score (nSPS) is 30.6. The van der Waals surface area contributed by atoms with Crippen LogP contribution in [-0.2, 0) is 4.79 Å². The fraction of sp³-hybridized carbons (Fsp3) is 0.667. The molecule has 2 saturated heterocycles. The molecule has 182 valence electrons. The minimum Gasteiger partial charge on any atom is -0.480 e. The van der Waals surface area contributed by atoms with E-state index in [0.29, 0.717) is 24.8 Å². The van der Waals surface area contributed by atoms with Crippen molar-refractivity contribution in [2.75, 3.05) is 24.5 Å². The van der Waals surface area contributed by atoms with E-state index in [1.807, 2.05) is 28.8 Å².